The van der Waals surface area contributed by atoms with E-state index in [0.29, 0.717) is 4.16 Å². The summed E-state index contributed by atoms with van der Waals surface area (Å²) < 4.78 is 0.411. The molecule has 0 aromatic rings. The van der Waals surface area contributed by atoms with Gasteiger partial charge in [-0.2, -0.15) is 12.6 Å². The number of thiol groups is 1. The molecule has 50 valence electrons. The second-order valence-corrected chi connectivity index (χ2v) is 4.37. The van der Waals surface area contributed by atoms with Gasteiger partial charge in [0.15, 0.2) is 0 Å². The van der Waals surface area contributed by atoms with Gasteiger partial charge in [-0.15, -0.1) is 0 Å². The van der Waals surface area contributed by atoms with Crippen LogP contribution in [0.4, 0.5) is 0 Å². The standard InChI is InChI=1S/C6H13BrS/c1-2-3-4-5-6(7)8/h6,8H,2-5H2,1H3. The van der Waals surface area contributed by atoms with Crippen molar-refractivity contribution >= 4 is 28.6 Å². The summed E-state index contributed by atoms with van der Waals surface area (Å²) in [5.41, 5.74) is 0. The number of alkyl halides is 1. The normalized spacial score (nSPS) is 13.9. The first kappa shape index (κ1) is 8.83. The minimum absolute atomic E-state index is 0.411. The van der Waals surface area contributed by atoms with Crippen LogP contribution in [0, 0.1) is 0 Å². The average molecular weight is 197 g/mol. The monoisotopic (exact) mass is 196 g/mol. The Morgan fingerprint density at radius 3 is 2.50 bits per heavy atom. The molecule has 0 rings (SSSR count). The molecule has 1 unspecified atom stereocenters. The average Bonchev–Trinajstić information content (AvgIpc) is 1.66. The summed E-state index contributed by atoms with van der Waals surface area (Å²) in [6, 6.07) is 0. The quantitative estimate of drug-likeness (QED) is 0.399. The van der Waals surface area contributed by atoms with Crippen molar-refractivity contribution in [2.75, 3.05) is 0 Å². The molecule has 0 fully saturated rings. The zero-order chi connectivity index (χ0) is 6.41. The van der Waals surface area contributed by atoms with Gasteiger partial charge in [-0.3, -0.25) is 0 Å². The van der Waals surface area contributed by atoms with Crippen molar-refractivity contribution in [2.24, 2.45) is 0 Å². The Hall–Kier alpha value is 0.830. The van der Waals surface area contributed by atoms with Crippen LogP contribution in [0.2, 0.25) is 0 Å². The van der Waals surface area contributed by atoms with Crippen LogP contribution in [0.15, 0.2) is 0 Å². The second-order valence-electron chi connectivity index (χ2n) is 1.93. The van der Waals surface area contributed by atoms with E-state index in [1.54, 1.807) is 0 Å². The molecule has 0 aliphatic rings. The van der Waals surface area contributed by atoms with Crippen molar-refractivity contribution in [3.63, 3.8) is 0 Å². The smallest absolute Gasteiger partial charge is 0.0570 e. The molecule has 0 bridgehead atoms. The molecule has 1 atom stereocenters. The Kier molecular flexibility index (Phi) is 6.58. The van der Waals surface area contributed by atoms with Crippen molar-refractivity contribution < 1.29 is 0 Å². The van der Waals surface area contributed by atoms with Gasteiger partial charge >= 0.3 is 0 Å². The summed E-state index contributed by atoms with van der Waals surface area (Å²) in [6.07, 6.45) is 5.13. The van der Waals surface area contributed by atoms with Gasteiger partial charge in [-0.25, -0.2) is 0 Å². The molecule has 0 saturated heterocycles. The van der Waals surface area contributed by atoms with Crippen LogP contribution in [-0.4, -0.2) is 4.16 Å². The van der Waals surface area contributed by atoms with E-state index in [0.717, 1.165) is 0 Å². The van der Waals surface area contributed by atoms with Crippen molar-refractivity contribution in [3.8, 4) is 0 Å². The van der Waals surface area contributed by atoms with E-state index in [9.17, 15) is 0 Å². The molecule has 0 aromatic carbocycles. The summed E-state index contributed by atoms with van der Waals surface area (Å²) in [7, 11) is 0. The highest BCUT2D eigenvalue weighted by atomic mass is 79.9. The molecule has 8 heavy (non-hydrogen) atoms. The van der Waals surface area contributed by atoms with Gasteiger partial charge in [-0.05, 0) is 6.42 Å². The lowest BCUT2D eigenvalue weighted by atomic mass is 10.2. The number of hydrogen-bond acceptors (Lipinski definition) is 1. The van der Waals surface area contributed by atoms with Crippen LogP contribution >= 0.6 is 28.6 Å². The Morgan fingerprint density at radius 2 is 2.12 bits per heavy atom. The van der Waals surface area contributed by atoms with Crippen LogP contribution in [-0.2, 0) is 0 Å². The molecule has 0 aromatic heterocycles. The summed E-state index contributed by atoms with van der Waals surface area (Å²) in [4.78, 5) is 0. The van der Waals surface area contributed by atoms with Gasteiger partial charge in [-0.1, -0.05) is 42.1 Å². The SMILES string of the molecule is CCCCCC(S)Br. The van der Waals surface area contributed by atoms with Crippen LogP contribution in [0.3, 0.4) is 0 Å². The number of rotatable bonds is 4. The minimum atomic E-state index is 0.411. The molecule has 0 radical (unpaired) electrons. The highest BCUT2D eigenvalue weighted by molar-refractivity contribution is 9.11. The summed E-state index contributed by atoms with van der Waals surface area (Å²) >= 11 is 7.56. The zero-order valence-electron chi connectivity index (χ0n) is 5.23. The van der Waals surface area contributed by atoms with Crippen molar-refractivity contribution in [1.29, 1.82) is 0 Å². The molecule has 0 amide bonds. The molecule has 0 N–H and O–H groups in total. The van der Waals surface area contributed by atoms with E-state index in [1.165, 1.54) is 25.7 Å². The van der Waals surface area contributed by atoms with Gasteiger partial charge in [0.2, 0.25) is 0 Å². The van der Waals surface area contributed by atoms with Gasteiger partial charge in [0.05, 0.1) is 4.16 Å². The predicted molar refractivity (Wildman–Crippen MR) is 45.8 cm³/mol. The third kappa shape index (κ3) is 6.83. The molecule has 0 aliphatic heterocycles. The first-order valence-electron chi connectivity index (χ1n) is 3.09. The fourth-order valence-electron chi connectivity index (χ4n) is 0.563. The van der Waals surface area contributed by atoms with E-state index in [4.69, 9.17) is 0 Å². The molecule has 0 saturated carbocycles. The molecule has 0 nitrogen and oxygen atoms in total. The van der Waals surface area contributed by atoms with Crippen LogP contribution < -0.4 is 0 Å². The van der Waals surface area contributed by atoms with Crippen LogP contribution in [0.1, 0.15) is 32.6 Å². The van der Waals surface area contributed by atoms with E-state index < -0.39 is 0 Å². The maximum Gasteiger partial charge on any atom is 0.0570 e. The van der Waals surface area contributed by atoms with Crippen LogP contribution in [0.5, 0.6) is 0 Å². The number of hydrogen-bond donors (Lipinski definition) is 1. The maximum absolute atomic E-state index is 4.19. The lowest BCUT2D eigenvalue weighted by Gasteiger charge is -1.98. The molecule has 0 spiro atoms. The van der Waals surface area contributed by atoms with Gasteiger partial charge in [0.25, 0.3) is 0 Å². The van der Waals surface area contributed by atoms with Gasteiger partial charge < -0.3 is 0 Å². The predicted octanol–water partition coefficient (Wildman–Crippen LogP) is 3.22. The van der Waals surface area contributed by atoms with Crippen LogP contribution in [0.25, 0.3) is 0 Å². The molecule has 0 aliphatic carbocycles. The van der Waals surface area contributed by atoms with Crippen molar-refractivity contribution in [3.05, 3.63) is 0 Å². The molecule has 0 heterocycles. The third-order valence-corrected chi connectivity index (χ3v) is 1.76. The topological polar surface area (TPSA) is 0 Å². The van der Waals surface area contributed by atoms with E-state index in [2.05, 4.69) is 35.5 Å². The Morgan fingerprint density at radius 1 is 1.50 bits per heavy atom. The largest absolute Gasteiger partial charge is 0.164 e. The van der Waals surface area contributed by atoms with E-state index in [-0.39, 0.29) is 0 Å². The van der Waals surface area contributed by atoms with Crippen molar-refractivity contribution in [2.45, 2.75) is 36.8 Å². The fourth-order valence-corrected chi connectivity index (χ4v) is 1.07. The Labute approximate surface area is 65.6 Å². The first-order chi connectivity index (χ1) is 3.77. The molecular weight excluding hydrogens is 184 g/mol. The second kappa shape index (κ2) is 5.96. The lowest BCUT2D eigenvalue weighted by molar-refractivity contribution is 0.700. The Balaban J connectivity index is 2.72. The van der Waals surface area contributed by atoms with Gasteiger partial charge in [0.1, 0.15) is 0 Å². The minimum Gasteiger partial charge on any atom is -0.164 e. The fraction of sp³-hybridized carbons (Fsp3) is 1.00. The summed E-state index contributed by atoms with van der Waals surface area (Å²) in [6.45, 7) is 2.21. The maximum atomic E-state index is 4.19. The Bertz CT molecular complexity index is 45.8. The summed E-state index contributed by atoms with van der Waals surface area (Å²) in [5.74, 6) is 0. The zero-order valence-corrected chi connectivity index (χ0v) is 7.71. The lowest BCUT2D eigenvalue weighted by Crippen LogP contribution is -1.84. The van der Waals surface area contributed by atoms with Gasteiger partial charge in [0, 0.05) is 0 Å². The third-order valence-electron chi connectivity index (χ3n) is 1.05. The van der Waals surface area contributed by atoms with Crippen molar-refractivity contribution in [1.82, 2.24) is 0 Å². The summed E-state index contributed by atoms with van der Waals surface area (Å²) in [5, 5.41) is 0. The van der Waals surface area contributed by atoms with E-state index in [1.807, 2.05) is 0 Å². The first-order valence-corrected chi connectivity index (χ1v) is 4.52. The molecular formula is C6H13BrS. The molecule has 2 heteroatoms. The highest BCUT2D eigenvalue weighted by Gasteiger charge is 1.93. The van der Waals surface area contributed by atoms with E-state index >= 15 is 0 Å². The number of halogens is 1. The highest BCUT2D eigenvalue weighted by Crippen LogP contribution is 2.13. The number of unbranched alkanes of at least 4 members (excludes halogenated alkanes) is 2.